The van der Waals surface area contributed by atoms with Crippen LogP contribution in [0.15, 0.2) is 0 Å². The van der Waals surface area contributed by atoms with Crippen LogP contribution in [0.1, 0.15) is 32.6 Å². The van der Waals surface area contributed by atoms with Crippen LogP contribution < -0.4 is 0 Å². The predicted octanol–water partition coefficient (Wildman–Crippen LogP) is 0.944. The van der Waals surface area contributed by atoms with Gasteiger partial charge in [0.25, 0.3) is 0 Å². The number of hydrogen-bond acceptors (Lipinski definition) is 3. The van der Waals surface area contributed by atoms with E-state index >= 15 is 0 Å². The molecule has 1 heterocycles. The first-order chi connectivity index (χ1) is 7.15. The number of carboxylic acid groups (broad SMARTS) is 1. The van der Waals surface area contributed by atoms with E-state index < -0.39 is 5.97 Å². The fourth-order valence-corrected chi connectivity index (χ4v) is 2.21. The molecule has 0 aromatic rings. The van der Waals surface area contributed by atoms with Gasteiger partial charge in [-0.2, -0.15) is 0 Å². The Morgan fingerprint density at radius 2 is 2.27 bits per heavy atom. The van der Waals surface area contributed by atoms with Gasteiger partial charge in [0.15, 0.2) is 0 Å². The van der Waals surface area contributed by atoms with Gasteiger partial charge in [-0.1, -0.05) is 13.3 Å². The minimum Gasteiger partial charge on any atom is -0.481 e. The Labute approximate surface area is 90.9 Å². The van der Waals surface area contributed by atoms with Gasteiger partial charge in [-0.05, 0) is 25.8 Å². The van der Waals surface area contributed by atoms with Crippen molar-refractivity contribution in [3.8, 4) is 0 Å². The molecule has 4 nitrogen and oxygen atoms in total. The number of carboxylic acids is 1. The zero-order valence-corrected chi connectivity index (χ0v) is 9.35. The fourth-order valence-electron chi connectivity index (χ4n) is 2.21. The van der Waals surface area contributed by atoms with Crippen LogP contribution in [0.5, 0.6) is 0 Å². The highest BCUT2D eigenvalue weighted by molar-refractivity contribution is 5.69. The van der Waals surface area contributed by atoms with Crippen LogP contribution in [-0.2, 0) is 4.79 Å². The summed E-state index contributed by atoms with van der Waals surface area (Å²) in [4.78, 5) is 13.0. The van der Waals surface area contributed by atoms with Crippen molar-refractivity contribution in [2.24, 2.45) is 5.92 Å². The van der Waals surface area contributed by atoms with Gasteiger partial charge in [-0.25, -0.2) is 0 Å². The molecule has 0 radical (unpaired) electrons. The van der Waals surface area contributed by atoms with E-state index in [2.05, 4.69) is 4.90 Å². The molecule has 0 bridgehead atoms. The van der Waals surface area contributed by atoms with Crippen LogP contribution in [0.4, 0.5) is 0 Å². The summed E-state index contributed by atoms with van der Waals surface area (Å²) < 4.78 is 0. The Balaban J connectivity index is 2.45. The molecule has 4 heteroatoms. The van der Waals surface area contributed by atoms with Gasteiger partial charge in [-0.3, -0.25) is 9.69 Å². The van der Waals surface area contributed by atoms with Crippen LogP contribution in [0.25, 0.3) is 0 Å². The number of carbonyl (C=O) groups is 1. The van der Waals surface area contributed by atoms with Crippen LogP contribution in [-0.4, -0.2) is 46.8 Å². The van der Waals surface area contributed by atoms with Gasteiger partial charge in [0.05, 0.1) is 5.92 Å². The van der Waals surface area contributed by atoms with Gasteiger partial charge < -0.3 is 10.2 Å². The zero-order valence-electron chi connectivity index (χ0n) is 9.35. The summed E-state index contributed by atoms with van der Waals surface area (Å²) in [6.45, 7) is 3.53. The number of nitrogens with zero attached hydrogens (tertiary/aromatic N) is 1. The summed E-state index contributed by atoms with van der Waals surface area (Å²) >= 11 is 0. The Hall–Kier alpha value is -0.610. The first kappa shape index (κ1) is 12.5. The van der Waals surface area contributed by atoms with Crippen molar-refractivity contribution in [3.05, 3.63) is 0 Å². The maximum Gasteiger partial charge on any atom is 0.307 e. The van der Waals surface area contributed by atoms with Crippen molar-refractivity contribution in [1.82, 2.24) is 4.90 Å². The highest BCUT2D eigenvalue weighted by Gasteiger charge is 2.25. The Morgan fingerprint density at radius 1 is 1.53 bits per heavy atom. The van der Waals surface area contributed by atoms with Gasteiger partial charge in [0, 0.05) is 19.2 Å². The SMILES string of the molecule is CC(CN1CCCCC1CCO)C(=O)O. The van der Waals surface area contributed by atoms with Crippen LogP contribution in [0, 0.1) is 5.92 Å². The van der Waals surface area contributed by atoms with Crippen molar-refractivity contribution in [3.63, 3.8) is 0 Å². The molecular formula is C11H21NO3. The maximum absolute atomic E-state index is 10.8. The summed E-state index contributed by atoms with van der Waals surface area (Å²) in [6, 6.07) is 0.380. The number of aliphatic hydroxyl groups is 1. The minimum atomic E-state index is -0.733. The molecule has 0 amide bonds. The van der Waals surface area contributed by atoms with Crippen molar-refractivity contribution < 1.29 is 15.0 Å². The average Bonchev–Trinajstić information content (AvgIpc) is 2.21. The number of likely N-dealkylation sites (tertiary alicyclic amines) is 1. The van der Waals surface area contributed by atoms with Crippen molar-refractivity contribution in [2.45, 2.75) is 38.6 Å². The Morgan fingerprint density at radius 3 is 2.87 bits per heavy atom. The Bertz CT molecular complexity index is 206. The smallest absolute Gasteiger partial charge is 0.307 e. The van der Waals surface area contributed by atoms with E-state index in [1.165, 1.54) is 6.42 Å². The maximum atomic E-state index is 10.8. The summed E-state index contributed by atoms with van der Waals surface area (Å²) in [6.07, 6.45) is 4.20. The van der Waals surface area contributed by atoms with E-state index in [0.29, 0.717) is 12.6 Å². The third-order valence-corrected chi connectivity index (χ3v) is 3.14. The van der Waals surface area contributed by atoms with E-state index in [1.807, 2.05) is 0 Å². The number of hydrogen-bond donors (Lipinski definition) is 2. The highest BCUT2D eigenvalue weighted by atomic mass is 16.4. The molecule has 1 aliphatic heterocycles. The second-order valence-corrected chi connectivity index (χ2v) is 4.40. The lowest BCUT2D eigenvalue weighted by atomic mass is 9.98. The summed E-state index contributed by atoms with van der Waals surface area (Å²) in [5.74, 6) is -1.05. The molecule has 2 N–H and O–H groups in total. The van der Waals surface area contributed by atoms with E-state index in [9.17, 15) is 4.79 Å². The van der Waals surface area contributed by atoms with Crippen LogP contribution in [0.3, 0.4) is 0 Å². The third-order valence-electron chi connectivity index (χ3n) is 3.14. The average molecular weight is 215 g/mol. The fraction of sp³-hybridized carbons (Fsp3) is 0.909. The molecule has 2 unspecified atom stereocenters. The second-order valence-electron chi connectivity index (χ2n) is 4.40. The number of piperidine rings is 1. The molecule has 1 aliphatic rings. The molecule has 0 aliphatic carbocycles. The van der Waals surface area contributed by atoms with E-state index in [-0.39, 0.29) is 12.5 Å². The monoisotopic (exact) mass is 215 g/mol. The molecule has 88 valence electrons. The lowest BCUT2D eigenvalue weighted by molar-refractivity contribution is -0.142. The first-order valence-electron chi connectivity index (χ1n) is 5.73. The summed E-state index contributed by atoms with van der Waals surface area (Å²) in [7, 11) is 0. The number of aliphatic carboxylic acids is 1. The van der Waals surface area contributed by atoms with Gasteiger partial charge in [0.2, 0.25) is 0 Å². The molecular weight excluding hydrogens is 194 g/mol. The lowest BCUT2D eigenvalue weighted by Crippen LogP contribution is -2.43. The topological polar surface area (TPSA) is 60.8 Å². The third kappa shape index (κ3) is 3.80. The van der Waals surface area contributed by atoms with Crippen molar-refractivity contribution in [1.29, 1.82) is 0 Å². The quantitative estimate of drug-likeness (QED) is 0.716. The highest BCUT2D eigenvalue weighted by Crippen LogP contribution is 2.20. The zero-order chi connectivity index (χ0) is 11.3. The minimum absolute atomic E-state index is 0.197. The first-order valence-corrected chi connectivity index (χ1v) is 5.73. The predicted molar refractivity (Wildman–Crippen MR) is 57.7 cm³/mol. The molecule has 1 fully saturated rings. The van der Waals surface area contributed by atoms with Crippen molar-refractivity contribution >= 4 is 5.97 Å². The largest absolute Gasteiger partial charge is 0.481 e. The van der Waals surface area contributed by atoms with Crippen LogP contribution in [0.2, 0.25) is 0 Å². The molecule has 1 rings (SSSR count). The van der Waals surface area contributed by atoms with Gasteiger partial charge in [-0.15, -0.1) is 0 Å². The van der Waals surface area contributed by atoms with E-state index in [4.69, 9.17) is 10.2 Å². The molecule has 2 atom stereocenters. The second kappa shape index (κ2) is 6.08. The van der Waals surface area contributed by atoms with E-state index in [1.54, 1.807) is 6.92 Å². The molecule has 0 spiro atoms. The molecule has 15 heavy (non-hydrogen) atoms. The van der Waals surface area contributed by atoms with Gasteiger partial charge in [0.1, 0.15) is 0 Å². The molecule has 0 saturated carbocycles. The molecule has 0 aromatic carbocycles. The Kier molecular flexibility index (Phi) is 5.05. The number of aliphatic hydroxyl groups excluding tert-OH is 1. The van der Waals surface area contributed by atoms with E-state index in [0.717, 1.165) is 25.8 Å². The summed E-state index contributed by atoms with van der Waals surface area (Å²) in [5.41, 5.74) is 0. The van der Waals surface area contributed by atoms with Crippen LogP contribution >= 0.6 is 0 Å². The van der Waals surface area contributed by atoms with Gasteiger partial charge >= 0.3 is 5.97 Å². The molecule has 1 saturated heterocycles. The lowest BCUT2D eigenvalue weighted by Gasteiger charge is -2.36. The number of rotatable bonds is 5. The summed E-state index contributed by atoms with van der Waals surface area (Å²) in [5, 5.41) is 17.8. The normalized spacial score (nSPS) is 25.1. The van der Waals surface area contributed by atoms with Crippen molar-refractivity contribution in [2.75, 3.05) is 19.7 Å². The standard InChI is InChI=1S/C11H21NO3/c1-9(11(14)15)8-12-6-3-2-4-10(12)5-7-13/h9-10,13H,2-8H2,1H3,(H,14,15). The molecule has 0 aromatic heterocycles.